The maximum absolute atomic E-state index is 11.1. The van der Waals surface area contributed by atoms with Crippen molar-refractivity contribution in [3.63, 3.8) is 0 Å². The van der Waals surface area contributed by atoms with Gasteiger partial charge in [0.1, 0.15) is 20.9 Å². The molecule has 2 heterocycles. The van der Waals surface area contributed by atoms with Gasteiger partial charge in [0, 0.05) is 10.3 Å². The Kier molecular flexibility index (Phi) is 3.92. The number of thioether (sulfide) groups is 1. The van der Waals surface area contributed by atoms with Gasteiger partial charge in [-0.1, -0.05) is 18.7 Å². The third kappa shape index (κ3) is 2.79. The summed E-state index contributed by atoms with van der Waals surface area (Å²) in [4.78, 5) is 22.6. The number of rotatable bonds is 3. The number of carboxylic acids is 1. The molecule has 0 amide bonds. The van der Waals surface area contributed by atoms with Crippen molar-refractivity contribution < 1.29 is 9.90 Å². The number of thiophene rings is 1. The first-order valence-corrected chi connectivity index (χ1v) is 8.83. The highest BCUT2D eigenvalue weighted by atomic mass is 32.2. The molecule has 0 radical (unpaired) electrons. The third-order valence-corrected chi connectivity index (χ3v) is 6.09. The number of aromatic nitrogens is 2. The molecule has 0 fully saturated rings. The fraction of sp³-hybridized carbons (Fsp3) is 0.533. The van der Waals surface area contributed by atoms with E-state index >= 15 is 0 Å². The second-order valence-electron chi connectivity index (χ2n) is 5.71. The van der Waals surface area contributed by atoms with Crippen molar-refractivity contribution in [2.45, 2.75) is 50.3 Å². The topological polar surface area (TPSA) is 63.1 Å². The molecule has 6 heteroatoms. The first-order valence-electron chi connectivity index (χ1n) is 7.14. The summed E-state index contributed by atoms with van der Waals surface area (Å²) in [5.74, 6) is 0.630. The van der Waals surface area contributed by atoms with Crippen molar-refractivity contribution in [2.24, 2.45) is 5.92 Å². The van der Waals surface area contributed by atoms with Gasteiger partial charge in [-0.3, -0.25) is 4.79 Å². The number of hydrogen-bond donors (Lipinski definition) is 1. The molecule has 3 rings (SSSR count). The second kappa shape index (κ2) is 5.57. The number of nitrogens with zero attached hydrogens (tertiary/aromatic N) is 2. The van der Waals surface area contributed by atoms with Gasteiger partial charge in [-0.25, -0.2) is 9.97 Å². The van der Waals surface area contributed by atoms with E-state index < -0.39 is 11.2 Å². The molecule has 1 aliphatic carbocycles. The van der Waals surface area contributed by atoms with Gasteiger partial charge in [0.25, 0.3) is 0 Å². The number of aliphatic carboxylic acids is 1. The van der Waals surface area contributed by atoms with E-state index in [2.05, 4.69) is 16.9 Å². The highest BCUT2D eigenvalue weighted by molar-refractivity contribution is 8.00. The smallest absolute Gasteiger partial charge is 0.316 e. The largest absolute Gasteiger partial charge is 0.480 e. The van der Waals surface area contributed by atoms with Crippen molar-refractivity contribution in [2.75, 3.05) is 0 Å². The fourth-order valence-electron chi connectivity index (χ4n) is 2.71. The van der Waals surface area contributed by atoms with Crippen LogP contribution in [-0.2, 0) is 17.6 Å². The van der Waals surface area contributed by atoms with Crippen LogP contribution in [0.3, 0.4) is 0 Å². The molecule has 2 atom stereocenters. The first-order chi connectivity index (χ1) is 9.95. The number of carboxylic acid groups (broad SMARTS) is 1. The van der Waals surface area contributed by atoms with Crippen LogP contribution in [0.2, 0.25) is 0 Å². The van der Waals surface area contributed by atoms with Crippen LogP contribution in [0.4, 0.5) is 0 Å². The fourth-order valence-corrected chi connectivity index (χ4v) is 5.16. The van der Waals surface area contributed by atoms with E-state index in [0.29, 0.717) is 11.7 Å². The molecule has 0 aliphatic heterocycles. The Hall–Kier alpha value is -1.14. The van der Waals surface area contributed by atoms with Gasteiger partial charge < -0.3 is 5.11 Å². The summed E-state index contributed by atoms with van der Waals surface area (Å²) in [6.07, 6.45) is 3.34. The summed E-state index contributed by atoms with van der Waals surface area (Å²) in [5, 5.41) is 10.6. The summed E-state index contributed by atoms with van der Waals surface area (Å²) in [5.41, 5.74) is 1.35. The molecule has 21 heavy (non-hydrogen) atoms. The summed E-state index contributed by atoms with van der Waals surface area (Å²) in [7, 11) is 0. The van der Waals surface area contributed by atoms with E-state index in [9.17, 15) is 4.79 Å². The minimum absolute atomic E-state index is 0.499. The average molecular weight is 322 g/mol. The van der Waals surface area contributed by atoms with E-state index in [1.807, 2.05) is 6.92 Å². The van der Waals surface area contributed by atoms with Crippen LogP contribution < -0.4 is 0 Å². The lowest BCUT2D eigenvalue weighted by Gasteiger charge is -2.18. The van der Waals surface area contributed by atoms with Crippen molar-refractivity contribution in [1.82, 2.24) is 9.97 Å². The predicted octanol–water partition coefficient (Wildman–Crippen LogP) is 3.69. The van der Waals surface area contributed by atoms with Gasteiger partial charge in [-0.15, -0.1) is 11.3 Å². The van der Waals surface area contributed by atoms with Gasteiger partial charge in [0.15, 0.2) is 0 Å². The van der Waals surface area contributed by atoms with Crippen molar-refractivity contribution >= 4 is 39.3 Å². The zero-order chi connectivity index (χ0) is 15.1. The number of fused-ring (bicyclic) bond motifs is 3. The molecule has 0 saturated heterocycles. The van der Waals surface area contributed by atoms with Gasteiger partial charge >= 0.3 is 5.97 Å². The van der Waals surface area contributed by atoms with Crippen LogP contribution in [0, 0.1) is 12.8 Å². The number of hydrogen-bond acceptors (Lipinski definition) is 5. The Bertz CT molecular complexity index is 711. The van der Waals surface area contributed by atoms with Gasteiger partial charge in [-0.2, -0.15) is 0 Å². The maximum atomic E-state index is 11.1. The van der Waals surface area contributed by atoms with Crippen LogP contribution in [0.5, 0.6) is 0 Å². The average Bonchev–Trinajstić information content (AvgIpc) is 2.75. The standard InChI is InChI=1S/C15H18N2O2S2/c1-7-4-5-10-11(6-7)21-14-12(10)13(16-9(3)17-14)20-8(2)15(18)19/h7-8H,4-6H2,1-3H3,(H,18,19). The van der Waals surface area contributed by atoms with Crippen LogP contribution in [0.15, 0.2) is 5.03 Å². The molecule has 2 aromatic heterocycles. The molecule has 0 aromatic carbocycles. The first kappa shape index (κ1) is 14.8. The molecule has 4 nitrogen and oxygen atoms in total. The quantitative estimate of drug-likeness (QED) is 0.690. The molecule has 2 aromatic rings. The summed E-state index contributed by atoms with van der Waals surface area (Å²) in [6.45, 7) is 5.86. The van der Waals surface area contributed by atoms with E-state index in [1.165, 1.54) is 28.6 Å². The normalized spacial score (nSPS) is 19.5. The van der Waals surface area contributed by atoms with E-state index in [0.717, 1.165) is 28.1 Å². The Labute approximate surface area is 132 Å². The Morgan fingerprint density at radius 3 is 2.95 bits per heavy atom. The third-order valence-electron chi connectivity index (χ3n) is 3.87. The minimum Gasteiger partial charge on any atom is -0.480 e. The van der Waals surface area contributed by atoms with E-state index in [1.54, 1.807) is 18.3 Å². The molecule has 1 N–H and O–H groups in total. The van der Waals surface area contributed by atoms with Crippen molar-refractivity contribution in [3.05, 3.63) is 16.3 Å². The van der Waals surface area contributed by atoms with Crippen LogP contribution in [0.25, 0.3) is 10.2 Å². The SMILES string of the molecule is Cc1nc(SC(C)C(=O)O)c2c3c(sc2n1)CC(C)CC3. The van der Waals surface area contributed by atoms with Gasteiger partial charge in [0.2, 0.25) is 0 Å². The predicted molar refractivity (Wildman–Crippen MR) is 86.3 cm³/mol. The molecular formula is C15H18N2O2S2. The minimum atomic E-state index is -0.804. The lowest BCUT2D eigenvalue weighted by Crippen LogP contribution is -2.12. The molecule has 0 spiro atoms. The Morgan fingerprint density at radius 1 is 1.48 bits per heavy atom. The highest BCUT2D eigenvalue weighted by Crippen LogP contribution is 2.41. The van der Waals surface area contributed by atoms with Crippen LogP contribution >= 0.6 is 23.1 Å². The summed E-state index contributed by atoms with van der Waals surface area (Å²) >= 11 is 3.09. The molecule has 112 valence electrons. The summed E-state index contributed by atoms with van der Waals surface area (Å²) in [6, 6.07) is 0. The van der Waals surface area contributed by atoms with Gasteiger partial charge in [-0.05, 0) is 44.6 Å². The molecule has 0 saturated carbocycles. The molecule has 2 unspecified atom stereocenters. The monoisotopic (exact) mass is 322 g/mol. The van der Waals surface area contributed by atoms with Gasteiger partial charge in [0.05, 0.1) is 0 Å². The molecule has 0 bridgehead atoms. The van der Waals surface area contributed by atoms with Crippen molar-refractivity contribution in [1.29, 1.82) is 0 Å². The molecule has 1 aliphatic rings. The zero-order valence-electron chi connectivity index (χ0n) is 12.3. The highest BCUT2D eigenvalue weighted by Gasteiger charge is 2.25. The van der Waals surface area contributed by atoms with Crippen LogP contribution in [0.1, 0.15) is 36.5 Å². The number of aryl methyl sites for hydroxylation is 2. The maximum Gasteiger partial charge on any atom is 0.316 e. The Morgan fingerprint density at radius 2 is 2.24 bits per heavy atom. The van der Waals surface area contributed by atoms with E-state index in [-0.39, 0.29) is 0 Å². The molecular weight excluding hydrogens is 304 g/mol. The summed E-state index contributed by atoms with van der Waals surface area (Å²) < 4.78 is 0. The zero-order valence-corrected chi connectivity index (χ0v) is 14.0. The number of carbonyl (C=O) groups is 1. The van der Waals surface area contributed by atoms with E-state index in [4.69, 9.17) is 5.11 Å². The lowest BCUT2D eigenvalue weighted by atomic mass is 9.89. The second-order valence-corrected chi connectivity index (χ2v) is 8.12. The van der Waals surface area contributed by atoms with Crippen molar-refractivity contribution in [3.8, 4) is 0 Å². The van der Waals surface area contributed by atoms with Crippen LogP contribution in [-0.4, -0.2) is 26.3 Å². The Balaban J connectivity index is 2.12. The lowest BCUT2D eigenvalue weighted by molar-refractivity contribution is -0.136.